The molecule has 13 nitrogen and oxygen atoms in total. The fourth-order valence-corrected chi connectivity index (χ4v) is 2.53. The average Bonchev–Trinajstić information content (AvgIpc) is 2.76. The molecule has 0 aromatic rings. The van der Waals surface area contributed by atoms with Gasteiger partial charge in [0.25, 0.3) is 0 Å². The third kappa shape index (κ3) is 13.8. The summed E-state index contributed by atoms with van der Waals surface area (Å²) < 4.78 is 9.81. The van der Waals surface area contributed by atoms with Crippen molar-refractivity contribution in [2.75, 3.05) is 32.1 Å². The largest absolute Gasteiger partial charge is 0.480 e. The van der Waals surface area contributed by atoms with Crippen molar-refractivity contribution in [2.24, 2.45) is 17.2 Å². The fraction of sp³-hybridized carbons (Fsp3) is 0.722. The Labute approximate surface area is 191 Å². The predicted molar refractivity (Wildman–Crippen MR) is 116 cm³/mol. The molecule has 0 fully saturated rings. The van der Waals surface area contributed by atoms with Gasteiger partial charge in [-0.15, -0.1) is 0 Å². The van der Waals surface area contributed by atoms with Gasteiger partial charge in [-0.05, 0) is 25.8 Å². The van der Waals surface area contributed by atoms with Crippen LogP contribution in [0.15, 0.2) is 0 Å². The highest BCUT2D eigenvalue weighted by atomic mass is 32.1. The number of amides is 2. The van der Waals surface area contributed by atoms with Crippen LogP contribution in [-0.4, -0.2) is 85.0 Å². The lowest BCUT2D eigenvalue weighted by atomic mass is 10.1. The van der Waals surface area contributed by atoms with Gasteiger partial charge in [0.15, 0.2) is 0 Å². The number of rotatable bonds is 17. The standard InChI is InChI=1S/C18H33N5O8S/c19-6-2-1-3-11(20)17(28)30-7-8-31-18(29)12(21)4-5-14(24)23-13(10-32)16(27)22-9-15(25)26/h11-13,32H,1-10,19-21H2,(H,22,27)(H,23,24)(H,25,26)/t11-,12-,13-/m0/s1. The molecule has 0 unspecified atom stereocenters. The van der Waals surface area contributed by atoms with Crippen LogP contribution in [-0.2, 0) is 33.4 Å². The number of thiol groups is 1. The van der Waals surface area contributed by atoms with Crippen LogP contribution in [0.4, 0.5) is 0 Å². The maximum atomic E-state index is 12.0. The summed E-state index contributed by atoms with van der Waals surface area (Å²) in [5.41, 5.74) is 16.7. The van der Waals surface area contributed by atoms with E-state index in [0.717, 1.165) is 6.42 Å². The van der Waals surface area contributed by atoms with E-state index in [-0.39, 0.29) is 31.8 Å². The number of ether oxygens (including phenoxy) is 2. The molecular formula is C18H33N5O8S. The Balaban J connectivity index is 4.14. The first-order chi connectivity index (χ1) is 15.1. The average molecular weight is 480 g/mol. The number of hydrogen-bond donors (Lipinski definition) is 7. The summed E-state index contributed by atoms with van der Waals surface area (Å²) in [4.78, 5) is 57.7. The van der Waals surface area contributed by atoms with Crippen molar-refractivity contribution in [1.29, 1.82) is 0 Å². The lowest BCUT2D eigenvalue weighted by Gasteiger charge is -2.16. The highest BCUT2D eigenvalue weighted by Gasteiger charge is 2.22. The van der Waals surface area contributed by atoms with E-state index < -0.39 is 54.4 Å². The van der Waals surface area contributed by atoms with E-state index in [1.165, 1.54) is 0 Å². The zero-order chi connectivity index (χ0) is 24.5. The van der Waals surface area contributed by atoms with E-state index in [2.05, 4.69) is 23.3 Å². The Hall–Kier alpha value is -2.42. The normalized spacial score (nSPS) is 13.4. The molecule has 9 N–H and O–H groups in total. The number of nitrogens with two attached hydrogens (primary N) is 3. The van der Waals surface area contributed by atoms with Crippen molar-refractivity contribution in [1.82, 2.24) is 10.6 Å². The minimum absolute atomic E-state index is 0.0549. The molecule has 0 aliphatic heterocycles. The van der Waals surface area contributed by atoms with Crippen molar-refractivity contribution in [3.63, 3.8) is 0 Å². The van der Waals surface area contributed by atoms with E-state index in [9.17, 15) is 24.0 Å². The van der Waals surface area contributed by atoms with E-state index in [4.69, 9.17) is 31.8 Å². The lowest BCUT2D eigenvalue weighted by Crippen LogP contribution is -2.49. The quantitative estimate of drug-likeness (QED) is 0.0642. The Kier molecular flexibility index (Phi) is 15.9. The van der Waals surface area contributed by atoms with E-state index in [1.807, 2.05) is 0 Å². The predicted octanol–water partition coefficient (Wildman–Crippen LogP) is -2.75. The van der Waals surface area contributed by atoms with Gasteiger partial charge in [0.2, 0.25) is 11.8 Å². The number of esters is 2. The highest BCUT2D eigenvalue weighted by Crippen LogP contribution is 2.01. The molecule has 0 aromatic carbocycles. The number of carbonyl (C=O) groups excluding carboxylic acids is 4. The SMILES string of the molecule is NCCCC[C@H](N)C(=O)OCCOC(=O)[C@@H](N)CCC(=O)N[C@@H](CS)C(=O)NCC(=O)O. The molecule has 0 saturated heterocycles. The van der Waals surface area contributed by atoms with Crippen LogP contribution in [0.3, 0.4) is 0 Å². The second-order valence-corrected chi connectivity index (χ2v) is 7.15. The summed E-state index contributed by atoms with van der Waals surface area (Å²) in [7, 11) is 0. The molecule has 0 radical (unpaired) electrons. The van der Waals surface area contributed by atoms with Crippen molar-refractivity contribution in [3.05, 3.63) is 0 Å². The molecular weight excluding hydrogens is 446 g/mol. The van der Waals surface area contributed by atoms with Crippen molar-refractivity contribution in [3.8, 4) is 0 Å². The number of carbonyl (C=O) groups is 5. The van der Waals surface area contributed by atoms with Gasteiger partial charge >= 0.3 is 17.9 Å². The van der Waals surface area contributed by atoms with Gasteiger partial charge in [-0.1, -0.05) is 6.42 Å². The van der Waals surface area contributed by atoms with Gasteiger partial charge < -0.3 is 42.4 Å². The van der Waals surface area contributed by atoms with Crippen LogP contribution in [0, 0.1) is 0 Å². The highest BCUT2D eigenvalue weighted by molar-refractivity contribution is 7.80. The number of hydrogen-bond acceptors (Lipinski definition) is 11. The number of unbranched alkanes of at least 4 members (excludes halogenated alkanes) is 1. The molecule has 0 heterocycles. The van der Waals surface area contributed by atoms with Crippen LogP contribution >= 0.6 is 12.6 Å². The maximum Gasteiger partial charge on any atom is 0.323 e. The van der Waals surface area contributed by atoms with Gasteiger partial charge in [-0.25, -0.2) is 0 Å². The molecule has 14 heteroatoms. The van der Waals surface area contributed by atoms with Crippen LogP contribution in [0.2, 0.25) is 0 Å². The number of aliphatic carboxylic acids is 1. The number of carboxylic acids is 1. The summed E-state index contributed by atoms with van der Waals surface area (Å²) >= 11 is 3.94. The molecule has 0 rings (SSSR count). The van der Waals surface area contributed by atoms with Crippen LogP contribution in [0.5, 0.6) is 0 Å². The first-order valence-electron chi connectivity index (χ1n) is 10.1. The van der Waals surface area contributed by atoms with Gasteiger partial charge in [-0.3, -0.25) is 24.0 Å². The Morgan fingerprint density at radius 1 is 0.938 bits per heavy atom. The van der Waals surface area contributed by atoms with E-state index >= 15 is 0 Å². The summed E-state index contributed by atoms with van der Waals surface area (Å²) in [6.45, 7) is -0.480. The van der Waals surface area contributed by atoms with Crippen molar-refractivity contribution in [2.45, 2.75) is 50.2 Å². The molecule has 0 bridgehead atoms. The number of nitrogens with one attached hydrogen (secondary N) is 2. The van der Waals surface area contributed by atoms with Gasteiger partial charge in [0.1, 0.15) is 37.9 Å². The van der Waals surface area contributed by atoms with Crippen molar-refractivity contribution >= 4 is 42.4 Å². The first-order valence-corrected chi connectivity index (χ1v) is 10.7. The van der Waals surface area contributed by atoms with E-state index in [0.29, 0.717) is 19.4 Å². The van der Waals surface area contributed by atoms with Crippen LogP contribution in [0.25, 0.3) is 0 Å². The topological polar surface area (TPSA) is 226 Å². The third-order valence-corrected chi connectivity index (χ3v) is 4.44. The Bertz CT molecular complexity index is 636. The van der Waals surface area contributed by atoms with E-state index in [1.54, 1.807) is 0 Å². The molecule has 3 atom stereocenters. The molecule has 32 heavy (non-hydrogen) atoms. The number of carboxylic acid groups (broad SMARTS) is 1. The second-order valence-electron chi connectivity index (χ2n) is 6.79. The zero-order valence-corrected chi connectivity index (χ0v) is 18.7. The lowest BCUT2D eigenvalue weighted by molar-refractivity contribution is -0.154. The maximum absolute atomic E-state index is 12.0. The Morgan fingerprint density at radius 2 is 1.50 bits per heavy atom. The monoisotopic (exact) mass is 479 g/mol. The van der Waals surface area contributed by atoms with Crippen molar-refractivity contribution < 1.29 is 38.6 Å². The minimum atomic E-state index is -1.23. The molecule has 184 valence electrons. The molecule has 0 aliphatic carbocycles. The second kappa shape index (κ2) is 17.2. The summed E-state index contributed by atoms with van der Waals surface area (Å²) in [6, 6.07) is -2.92. The summed E-state index contributed by atoms with van der Waals surface area (Å²) in [6.07, 6.45) is 1.65. The molecule has 0 aromatic heterocycles. The van der Waals surface area contributed by atoms with Gasteiger partial charge in [0.05, 0.1) is 0 Å². The molecule has 2 amide bonds. The Morgan fingerprint density at radius 3 is 2.00 bits per heavy atom. The third-order valence-electron chi connectivity index (χ3n) is 4.08. The van der Waals surface area contributed by atoms with Crippen LogP contribution in [0.1, 0.15) is 32.1 Å². The van der Waals surface area contributed by atoms with Gasteiger partial charge in [0, 0.05) is 12.2 Å². The van der Waals surface area contributed by atoms with Crippen LogP contribution < -0.4 is 27.8 Å². The molecule has 0 saturated carbocycles. The first kappa shape index (κ1) is 29.6. The molecule has 0 aliphatic rings. The molecule has 0 spiro atoms. The smallest absolute Gasteiger partial charge is 0.323 e. The minimum Gasteiger partial charge on any atom is -0.480 e. The zero-order valence-electron chi connectivity index (χ0n) is 17.8. The summed E-state index contributed by atoms with van der Waals surface area (Å²) in [5.74, 6) is -3.95. The van der Waals surface area contributed by atoms with Gasteiger partial charge in [-0.2, -0.15) is 12.6 Å². The fourth-order valence-electron chi connectivity index (χ4n) is 2.28. The summed E-state index contributed by atoms with van der Waals surface area (Å²) in [5, 5.41) is 13.1.